The SMILES string of the molecule is c1ccc(-c2ccccc2-c2ccc(-c3ccc(N(c4ccc(-c5cccc6cccc(-c7ccccc7)c56)cc4)c4cccc5oc6ccccc6c45)cc3)cc2)cc1. The molecular weight excluding hydrogens is 727 g/mol. The molecule has 60 heavy (non-hydrogen) atoms. The van der Waals surface area contributed by atoms with Crippen molar-refractivity contribution >= 4 is 49.8 Å². The van der Waals surface area contributed by atoms with Crippen molar-refractivity contribution in [3.63, 3.8) is 0 Å². The highest BCUT2D eigenvalue weighted by atomic mass is 16.3. The fraction of sp³-hybridized carbons (Fsp3) is 0. The molecule has 0 aliphatic rings. The van der Waals surface area contributed by atoms with Crippen molar-refractivity contribution in [2.45, 2.75) is 0 Å². The first-order valence-electron chi connectivity index (χ1n) is 20.5. The van der Waals surface area contributed by atoms with Crippen LogP contribution in [0.2, 0.25) is 0 Å². The largest absolute Gasteiger partial charge is 0.456 e. The quantitative estimate of drug-likeness (QED) is 0.153. The summed E-state index contributed by atoms with van der Waals surface area (Å²) in [4.78, 5) is 2.36. The summed E-state index contributed by atoms with van der Waals surface area (Å²) in [5.74, 6) is 0. The number of furan rings is 1. The van der Waals surface area contributed by atoms with Gasteiger partial charge >= 0.3 is 0 Å². The van der Waals surface area contributed by atoms with E-state index in [9.17, 15) is 0 Å². The lowest BCUT2D eigenvalue weighted by molar-refractivity contribution is 0.669. The summed E-state index contributed by atoms with van der Waals surface area (Å²) < 4.78 is 6.40. The van der Waals surface area contributed by atoms with E-state index in [2.05, 4.69) is 229 Å². The highest BCUT2D eigenvalue weighted by Crippen LogP contribution is 2.44. The zero-order valence-electron chi connectivity index (χ0n) is 32.9. The molecule has 0 unspecified atom stereocenters. The van der Waals surface area contributed by atoms with Crippen LogP contribution < -0.4 is 4.90 Å². The van der Waals surface area contributed by atoms with E-state index >= 15 is 0 Å². The van der Waals surface area contributed by atoms with Crippen molar-refractivity contribution in [2.24, 2.45) is 0 Å². The van der Waals surface area contributed by atoms with Gasteiger partial charge in [-0.25, -0.2) is 0 Å². The molecule has 0 atom stereocenters. The molecule has 0 radical (unpaired) electrons. The highest BCUT2D eigenvalue weighted by Gasteiger charge is 2.20. The molecule has 0 saturated carbocycles. The Kier molecular flexibility index (Phi) is 8.87. The Balaban J connectivity index is 0.990. The van der Waals surface area contributed by atoms with Crippen LogP contribution in [0.25, 0.3) is 88.3 Å². The third-order valence-corrected chi connectivity index (χ3v) is 11.7. The first-order chi connectivity index (χ1) is 29.8. The molecule has 11 rings (SSSR count). The Morgan fingerprint density at radius 1 is 0.267 bits per heavy atom. The summed E-state index contributed by atoms with van der Waals surface area (Å²) in [6.07, 6.45) is 0. The van der Waals surface area contributed by atoms with E-state index < -0.39 is 0 Å². The summed E-state index contributed by atoms with van der Waals surface area (Å²) in [7, 11) is 0. The van der Waals surface area contributed by atoms with Crippen LogP contribution >= 0.6 is 0 Å². The van der Waals surface area contributed by atoms with E-state index in [-0.39, 0.29) is 0 Å². The van der Waals surface area contributed by atoms with Gasteiger partial charge in [-0.1, -0.05) is 194 Å². The fourth-order valence-electron chi connectivity index (χ4n) is 8.85. The van der Waals surface area contributed by atoms with E-state index in [4.69, 9.17) is 4.42 Å². The predicted molar refractivity (Wildman–Crippen MR) is 253 cm³/mol. The van der Waals surface area contributed by atoms with Gasteiger partial charge in [0.2, 0.25) is 0 Å². The zero-order valence-corrected chi connectivity index (χ0v) is 32.9. The smallest absolute Gasteiger partial charge is 0.137 e. The van der Waals surface area contributed by atoms with Crippen LogP contribution in [-0.4, -0.2) is 0 Å². The summed E-state index contributed by atoms with van der Waals surface area (Å²) in [5, 5.41) is 4.67. The lowest BCUT2D eigenvalue weighted by Crippen LogP contribution is -2.10. The lowest BCUT2D eigenvalue weighted by atomic mass is 9.91. The van der Waals surface area contributed by atoms with E-state index in [0.717, 1.165) is 44.6 Å². The third-order valence-electron chi connectivity index (χ3n) is 11.7. The van der Waals surface area contributed by atoms with Gasteiger partial charge in [0.1, 0.15) is 11.2 Å². The standard InChI is InChI=1S/C58H39NO/c1-3-14-42(15-4-1)49-20-7-8-21-50(49)44-30-28-40(29-31-44)41-32-36-47(37-33-41)59(54-25-13-27-56-58(54)53-22-9-10-26-55(53)60-56)48-38-34-45(35-39-48)52-24-12-19-46-18-11-23-51(57(46)52)43-16-5-2-6-17-43/h1-39H. The van der Waals surface area contributed by atoms with Crippen LogP contribution in [0.3, 0.4) is 0 Å². The van der Waals surface area contributed by atoms with Crippen molar-refractivity contribution in [1.29, 1.82) is 0 Å². The summed E-state index contributed by atoms with van der Waals surface area (Å²) in [5.41, 5.74) is 17.0. The summed E-state index contributed by atoms with van der Waals surface area (Å²) in [6, 6.07) is 84.7. The third kappa shape index (κ3) is 6.32. The fourth-order valence-corrected chi connectivity index (χ4v) is 8.85. The van der Waals surface area contributed by atoms with Gasteiger partial charge in [-0.05, 0) is 109 Å². The van der Waals surface area contributed by atoms with Crippen LogP contribution in [0.1, 0.15) is 0 Å². The first-order valence-corrected chi connectivity index (χ1v) is 20.5. The van der Waals surface area contributed by atoms with Gasteiger partial charge in [0, 0.05) is 16.8 Å². The Labute approximate surface area is 349 Å². The minimum Gasteiger partial charge on any atom is -0.456 e. The molecule has 1 aromatic heterocycles. The maximum atomic E-state index is 6.40. The second kappa shape index (κ2) is 15.1. The molecule has 0 spiro atoms. The first kappa shape index (κ1) is 35.2. The molecule has 0 amide bonds. The van der Waals surface area contributed by atoms with Crippen molar-refractivity contribution < 1.29 is 4.42 Å². The topological polar surface area (TPSA) is 16.4 Å². The minimum absolute atomic E-state index is 0.866. The van der Waals surface area contributed by atoms with Gasteiger partial charge in [0.25, 0.3) is 0 Å². The average molecular weight is 766 g/mol. The second-order valence-corrected chi connectivity index (χ2v) is 15.2. The van der Waals surface area contributed by atoms with Gasteiger partial charge in [-0.15, -0.1) is 0 Å². The molecule has 0 aliphatic carbocycles. The van der Waals surface area contributed by atoms with Crippen molar-refractivity contribution in [2.75, 3.05) is 4.90 Å². The minimum atomic E-state index is 0.866. The maximum absolute atomic E-state index is 6.40. The Morgan fingerprint density at radius 3 is 1.30 bits per heavy atom. The molecule has 11 aromatic rings. The molecule has 0 aliphatic heterocycles. The van der Waals surface area contributed by atoms with E-state index in [1.807, 2.05) is 12.1 Å². The number of nitrogens with zero attached hydrogens (tertiary/aromatic N) is 1. The molecule has 0 bridgehead atoms. The van der Waals surface area contributed by atoms with Gasteiger partial charge < -0.3 is 9.32 Å². The highest BCUT2D eigenvalue weighted by molar-refractivity contribution is 6.13. The van der Waals surface area contributed by atoms with Crippen LogP contribution in [0, 0.1) is 0 Å². The molecule has 2 heteroatoms. The summed E-state index contributed by atoms with van der Waals surface area (Å²) in [6.45, 7) is 0. The monoisotopic (exact) mass is 765 g/mol. The van der Waals surface area contributed by atoms with Gasteiger partial charge in [0.15, 0.2) is 0 Å². The van der Waals surface area contributed by atoms with E-state index in [1.165, 1.54) is 60.8 Å². The molecule has 0 saturated heterocycles. The molecule has 0 N–H and O–H groups in total. The molecule has 1 heterocycles. The van der Waals surface area contributed by atoms with Crippen LogP contribution in [0.4, 0.5) is 17.1 Å². The number of hydrogen-bond donors (Lipinski definition) is 0. The zero-order chi connectivity index (χ0) is 39.8. The number of para-hydroxylation sites is 1. The number of rotatable bonds is 8. The van der Waals surface area contributed by atoms with Gasteiger partial charge in [-0.2, -0.15) is 0 Å². The molecular formula is C58H39NO. The van der Waals surface area contributed by atoms with E-state index in [1.54, 1.807) is 0 Å². The Morgan fingerprint density at radius 2 is 0.683 bits per heavy atom. The average Bonchev–Trinajstić information content (AvgIpc) is 3.72. The Hall–Kier alpha value is -7.94. The number of hydrogen-bond acceptors (Lipinski definition) is 2. The predicted octanol–water partition coefficient (Wildman–Crippen LogP) is 16.5. The number of benzene rings is 10. The Bertz CT molecular complexity index is 3270. The molecule has 10 aromatic carbocycles. The number of fused-ring (bicyclic) bond motifs is 4. The maximum Gasteiger partial charge on any atom is 0.137 e. The van der Waals surface area contributed by atoms with Crippen LogP contribution in [0.5, 0.6) is 0 Å². The molecule has 0 fully saturated rings. The molecule has 282 valence electrons. The second-order valence-electron chi connectivity index (χ2n) is 15.2. The lowest BCUT2D eigenvalue weighted by Gasteiger charge is -2.27. The normalized spacial score (nSPS) is 11.3. The van der Waals surface area contributed by atoms with Crippen molar-refractivity contribution in [1.82, 2.24) is 0 Å². The number of anilines is 3. The summed E-state index contributed by atoms with van der Waals surface area (Å²) >= 11 is 0. The van der Waals surface area contributed by atoms with Gasteiger partial charge in [0.05, 0.1) is 11.1 Å². The molecule has 2 nitrogen and oxygen atoms in total. The van der Waals surface area contributed by atoms with Gasteiger partial charge in [-0.3, -0.25) is 0 Å². The van der Waals surface area contributed by atoms with E-state index in [0.29, 0.717) is 0 Å². The van der Waals surface area contributed by atoms with Crippen molar-refractivity contribution in [3.8, 4) is 55.6 Å². The van der Waals surface area contributed by atoms with Crippen LogP contribution in [0.15, 0.2) is 241 Å². The van der Waals surface area contributed by atoms with Crippen molar-refractivity contribution in [3.05, 3.63) is 237 Å². The van der Waals surface area contributed by atoms with Crippen LogP contribution in [-0.2, 0) is 0 Å².